The van der Waals surface area contributed by atoms with Gasteiger partial charge in [-0.1, -0.05) is 79.6 Å². The zero-order valence-electron chi connectivity index (χ0n) is 13.7. The maximum absolute atomic E-state index is 2.54. The summed E-state index contributed by atoms with van der Waals surface area (Å²) >= 11 is 0. The molecule has 0 saturated carbocycles. The molecule has 0 bridgehead atoms. The summed E-state index contributed by atoms with van der Waals surface area (Å²) in [5.41, 5.74) is 2.01. The van der Waals surface area contributed by atoms with Gasteiger partial charge in [0.25, 0.3) is 0 Å². The van der Waals surface area contributed by atoms with E-state index in [2.05, 4.69) is 34.6 Å². The van der Waals surface area contributed by atoms with Crippen LogP contribution in [0.3, 0.4) is 0 Å². The van der Waals surface area contributed by atoms with Gasteiger partial charge in [0, 0.05) is 0 Å². The number of hydrogen-bond donors (Lipinski definition) is 0. The first kappa shape index (κ1) is 18.4. The monoisotopic (exact) mass is 272 g/mol. The van der Waals surface area contributed by atoms with E-state index in [1.165, 1.54) is 63.9 Å². The van der Waals surface area contributed by atoms with Crippen molar-refractivity contribution < 1.29 is 0 Å². The summed E-state index contributed by atoms with van der Waals surface area (Å²) in [5, 5.41) is 0. The van der Waals surface area contributed by atoms with E-state index in [0.29, 0.717) is 0 Å². The predicted octanol–water partition coefficient (Wildman–Crippen LogP) is 6.82. The van der Waals surface area contributed by atoms with E-state index in [-0.39, 0.29) is 7.92 Å². The lowest BCUT2D eigenvalue weighted by Crippen LogP contribution is -2.12. The zero-order chi connectivity index (χ0) is 13.8. The zero-order valence-corrected chi connectivity index (χ0v) is 14.6. The highest BCUT2D eigenvalue weighted by molar-refractivity contribution is 7.59. The highest BCUT2D eigenvalue weighted by atomic mass is 31.1. The van der Waals surface area contributed by atoms with Gasteiger partial charge >= 0.3 is 0 Å². The second kappa shape index (κ2) is 12.5. The Kier molecular flexibility index (Phi) is 12.8. The third-order valence-corrected chi connectivity index (χ3v) is 7.81. The van der Waals surface area contributed by atoms with Crippen molar-refractivity contribution in [3.05, 3.63) is 0 Å². The van der Waals surface area contributed by atoms with Crippen molar-refractivity contribution >= 4 is 7.92 Å². The van der Waals surface area contributed by atoms with E-state index >= 15 is 0 Å². The number of unbranched alkanes of at least 4 members (excludes halogenated alkanes) is 4. The van der Waals surface area contributed by atoms with Gasteiger partial charge in [-0.15, -0.1) is 7.92 Å². The Morgan fingerprint density at radius 1 is 0.667 bits per heavy atom. The maximum Gasteiger partial charge on any atom is -0.0235 e. The summed E-state index contributed by atoms with van der Waals surface area (Å²) in [5.74, 6) is 0. The topological polar surface area (TPSA) is 0 Å². The molecular formula is C17H37P. The van der Waals surface area contributed by atoms with E-state index in [0.717, 1.165) is 11.3 Å². The van der Waals surface area contributed by atoms with Gasteiger partial charge in [-0.3, -0.25) is 0 Å². The normalized spacial score (nSPS) is 16.5. The van der Waals surface area contributed by atoms with Crippen molar-refractivity contribution in [1.82, 2.24) is 0 Å². The molecule has 0 nitrogen and oxygen atoms in total. The first-order chi connectivity index (χ1) is 8.67. The van der Waals surface area contributed by atoms with Gasteiger partial charge in [-0.2, -0.15) is 0 Å². The van der Waals surface area contributed by atoms with Crippen molar-refractivity contribution in [2.24, 2.45) is 0 Å². The van der Waals surface area contributed by atoms with Crippen LogP contribution in [0, 0.1) is 0 Å². The van der Waals surface area contributed by atoms with Gasteiger partial charge in [0.05, 0.1) is 0 Å². The molecule has 0 aliphatic heterocycles. The Morgan fingerprint density at radius 3 is 1.44 bits per heavy atom. The lowest BCUT2D eigenvalue weighted by molar-refractivity contribution is 0.638. The molecule has 0 aromatic heterocycles. The standard InChI is InChI=1S/C17H37P/c1-6-9-11-13-16(4)18(15-8-3)17(5)14-12-10-7-2/h16-17H,6-15H2,1-5H3. The second-order valence-corrected chi connectivity index (χ2v) is 9.17. The minimum absolute atomic E-state index is 0.284. The van der Waals surface area contributed by atoms with E-state index < -0.39 is 0 Å². The molecule has 0 radical (unpaired) electrons. The number of rotatable bonds is 12. The van der Waals surface area contributed by atoms with Gasteiger partial charge in [-0.05, 0) is 30.3 Å². The smallest absolute Gasteiger partial charge is 0.0235 e. The highest BCUT2D eigenvalue weighted by Gasteiger charge is 2.21. The molecule has 0 aliphatic rings. The average Bonchev–Trinajstić information content (AvgIpc) is 2.36. The quantitative estimate of drug-likeness (QED) is 0.270. The van der Waals surface area contributed by atoms with Gasteiger partial charge in [0.2, 0.25) is 0 Å². The minimum atomic E-state index is 0.284. The molecule has 18 heavy (non-hydrogen) atoms. The molecule has 110 valence electrons. The molecule has 0 fully saturated rings. The van der Waals surface area contributed by atoms with Crippen LogP contribution in [-0.4, -0.2) is 17.5 Å². The van der Waals surface area contributed by atoms with Crippen molar-refractivity contribution in [2.45, 2.75) is 104 Å². The maximum atomic E-state index is 2.54. The Labute approximate surface area is 118 Å². The van der Waals surface area contributed by atoms with E-state index in [4.69, 9.17) is 0 Å². The summed E-state index contributed by atoms with van der Waals surface area (Å²) in [6.45, 7) is 12.1. The third-order valence-electron chi connectivity index (χ3n) is 4.07. The fourth-order valence-corrected chi connectivity index (χ4v) is 6.14. The average molecular weight is 272 g/mol. The Balaban J connectivity index is 4.07. The molecule has 0 aromatic rings. The van der Waals surface area contributed by atoms with Gasteiger partial charge in [-0.25, -0.2) is 0 Å². The van der Waals surface area contributed by atoms with Crippen LogP contribution in [0.1, 0.15) is 92.4 Å². The van der Waals surface area contributed by atoms with Crippen LogP contribution in [0.5, 0.6) is 0 Å². The Bertz CT molecular complexity index is 151. The SMILES string of the molecule is CCCCCC(C)P(CCC)C(C)CCCCC. The molecule has 0 aromatic carbocycles. The summed E-state index contributed by atoms with van der Waals surface area (Å²) in [6, 6.07) is 0. The Morgan fingerprint density at radius 2 is 1.11 bits per heavy atom. The van der Waals surface area contributed by atoms with Crippen molar-refractivity contribution in [2.75, 3.05) is 6.16 Å². The van der Waals surface area contributed by atoms with Crippen LogP contribution in [0.2, 0.25) is 0 Å². The van der Waals surface area contributed by atoms with Crippen LogP contribution < -0.4 is 0 Å². The van der Waals surface area contributed by atoms with Gasteiger partial charge in [0.15, 0.2) is 0 Å². The van der Waals surface area contributed by atoms with Crippen molar-refractivity contribution in [1.29, 1.82) is 0 Å². The molecule has 0 N–H and O–H groups in total. The molecule has 2 unspecified atom stereocenters. The first-order valence-electron chi connectivity index (χ1n) is 8.43. The summed E-state index contributed by atoms with van der Waals surface area (Å²) in [6.07, 6.45) is 14.4. The molecule has 0 amide bonds. The van der Waals surface area contributed by atoms with E-state index in [9.17, 15) is 0 Å². The van der Waals surface area contributed by atoms with Crippen LogP contribution in [0.4, 0.5) is 0 Å². The molecule has 0 saturated heterocycles. The van der Waals surface area contributed by atoms with Crippen LogP contribution in [0.25, 0.3) is 0 Å². The van der Waals surface area contributed by atoms with E-state index in [1.807, 2.05) is 0 Å². The van der Waals surface area contributed by atoms with Crippen molar-refractivity contribution in [3.8, 4) is 0 Å². The largest absolute Gasteiger partial charge is 0.101 e. The first-order valence-corrected chi connectivity index (χ1v) is 10.1. The fraction of sp³-hybridized carbons (Fsp3) is 1.00. The fourth-order valence-electron chi connectivity index (χ4n) is 2.84. The number of hydrogen-bond acceptors (Lipinski definition) is 0. The molecule has 2 atom stereocenters. The lowest BCUT2D eigenvalue weighted by atomic mass is 10.2. The van der Waals surface area contributed by atoms with Crippen LogP contribution >= 0.6 is 7.92 Å². The molecule has 1 heteroatoms. The van der Waals surface area contributed by atoms with Crippen molar-refractivity contribution in [3.63, 3.8) is 0 Å². The molecule has 0 aliphatic carbocycles. The predicted molar refractivity (Wildman–Crippen MR) is 89.3 cm³/mol. The minimum Gasteiger partial charge on any atom is -0.101 e. The van der Waals surface area contributed by atoms with Crippen LogP contribution in [0.15, 0.2) is 0 Å². The molecule has 0 heterocycles. The lowest BCUT2D eigenvalue weighted by Gasteiger charge is -2.30. The van der Waals surface area contributed by atoms with E-state index in [1.54, 1.807) is 0 Å². The molecular weight excluding hydrogens is 235 g/mol. The summed E-state index contributed by atoms with van der Waals surface area (Å²) < 4.78 is 0. The van der Waals surface area contributed by atoms with Gasteiger partial charge in [0.1, 0.15) is 0 Å². The summed E-state index contributed by atoms with van der Waals surface area (Å²) in [7, 11) is 0.284. The second-order valence-electron chi connectivity index (χ2n) is 5.93. The third kappa shape index (κ3) is 8.52. The van der Waals surface area contributed by atoms with Crippen LogP contribution in [-0.2, 0) is 0 Å². The van der Waals surface area contributed by atoms with Gasteiger partial charge < -0.3 is 0 Å². The molecule has 0 rings (SSSR count). The highest BCUT2D eigenvalue weighted by Crippen LogP contribution is 2.50. The molecule has 0 spiro atoms. The Hall–Kier alpha value is 0.430. The summed E-state index contributed by atoms with van der Waals surface area (Å²) in [4.78, 5) is 0.